The van der Waals surface area contributed by atoms with Crippen LogP contribution in [0.2, 0.25) is 0 Å². The molecule has 0 fully saturated rings. The molecule has 5 aromatic rings. The molecule has 0 spiro atoms. The van der Waals surface area contributed by atoms with E-state index in [2.05, 4.69) is 33.5 Å². The molecule has 3 aromatic heterocycles. The van der Waals surface area contributed by atoms with E-state index in [-0.39, 0.29) is 23.8 Å². The molecule has 174 valence electrons. The van der Waals surface area contributed by atoms with Gasteiger partial charge in [-0.3, -0.25) is 4.79 Å². The van der Waals surface area contributed by atoms with E-state index < -0.39 is 0 Å². The summed E-state index contributed by atoms with van der Waals surface area (Å²) in [6.45, 7) is 0. The third kappa shape index (κ3) is 4.25. The quantitative estimate of drug-likeness (QED) is 0.204. The highest BCUT2D eigenvalue weighted by Crippen LogP contribution is 2.44. The lowest BCUT2D eigenvalue weighted by molar-refractivity contribution is -0.119. The number of carbonyl (C=O) groups excluding carboxylic acids is 1. The molecular weight excluding hydrogens is 499 g/mol. The molecule has 0 unspecified atom stereocenters. The van der Waals surface area contributed by atoms with E-state index in [1.807, 2.05) is 12.1 Å². The second-order valence-electron chi connectivity index (χ2n) is 8.04. The van der Waals surface area contributed by atoms with Crippen molar-refractivity contribution in [3.63, 3.8) is 0 Å². The van der Waals surface area contributed by atoms with Gasteiger partial charge >= 0.3 is 0 Å². The summed E-state index contributed by atoms with van der Waals surface area (Å²) in [6, 6.07) is 17.9. The third-order valence-corrected chi connectivity index (χ3v) is 9.21. The highest BCUT2D eigenvalue weighted by molar-refractivity contribution is 7.38. The Hall–Kier alpha value is -3.79. The summed E-state index contributed by atoms with van der Waals surface area (Å²) in [5, 5.41) is 31.0. The molecule has 0 bridgehead atoms. The van der Waals surface area contributed by atoms with Gasteiger partial charge in [0.25, 0.3) is 0 Å². The Morgan fingerprint density at radius 2 is 1.63 bits per heavy atom. The molecule has 0 saturated heterocycles. The van der Waals surface area contributed by atoms with Crippen molar-refractivity contribution in [2.24, 2.45) is 0 Å². The SMILES string of the molecule is O=C(Cc1ccc(O)cc1)NC1=C(c2cc3sc4ccsc4c3s2)NC(c2ccc(O)cc2)=CN1. The number of rotatable bonds is 5. The maximum Gasteiger partial charge on any atom is 0.229 e. The first kappa shape index (κ1) is 21.7. The fourth-order valence-corrected chi connectivity index (χ4v) is 7.68. The first-order chi connectivity index (χ1) is 17.0. The van der Waals surface area contributed by atoms with Crippen LogP contribution in [0.1, 0.15) is 16.0 Å². The summed E-state index contributed by atoms with van der Waals surface area (Å²) in [5.41, 5.74) is 3.33. The van der Waals surface area contributed by atoms with Gasteiger partial charge in [-0.25, -0.2) is 0 Å². The summed E-state index contributed by atoms with van der Waals surface area (Å²) < 4.78 is 5.05. The Labute approximate surface area is 212 Å². The zero-order valence-electron chi connectivity index (χ0n) is 18.2. The first-order valence-electron chi connectivity index (χ1n) is 10.8. The minimum atomic E-state index is -0.169. The number of hydrogen-bond donors (Lipinski definition) is 5. The average Bonchev–Trinajstić information content (AvgIpc) is 3.54. The van der Waals surface area contributed by atoms with Crippen LogP contribution in [0.4, 0.5) is 0 Å². The van der Waals surface area contributed by atoms with Crippen molar-refractivity contribution in [1.82, 2.24) is 16.0 Å². The molecule has 1 aliphatic heterocycles. The van der Waals surface area contributed by atoms with Crippen LogP contribution in [0.15, 0.2) is 78.1 Å². The van der Waals surface area contributed by atoms with Crippen molar-refractivity contribution < 1.29 is 15.0 Å². The van der Waals surface area contributed by atoms with Gasteiger partial charge in [0, 0.05) is 15.6 Å². The van der Waals surface area contributed by atoms with E-state index in [1.165, 1.54) is 18.8 Å². The summed E-state index contributed by atoms with van der Waals surface area (Å²) in [5.74, 6) is 0.779. The molecule has 9 heteroatoms. The van der Waals surface area contributed by atoms with E-state index in [4.69, 9.17) is 0 Å². The fourth-order valence-electron chi connectivity index (χ4n) is 3.91. The molecule has 0 atom stereocenters. The number of thiophene rings is 3. The Balaban J connectivity index is 1.34. The predicted molar refractivity (Wildman–Crippen MR) is 144 cm³/mol. The monoisotopic (exact) mass is 517 g/mol. The second-order valence-corrected chi connectivity index (χ2v) is 11.1. The van der Waals surface area contributed by atoms with Gasteiger partial charge in [-0.05, 0) is 65.0 Å². The second kappa shape index (κ2) is 8.77. The largest absolute Gasteiger partial charge is 0.508 e. The van der Waals surface area contributed by atoms with E-state index in [0.29, 0.717) is 5.82 Å². The standard InChI is InChI=1S/C26H19N3O3S3/c30-16-5-1-14(2-6-16)11-22(32)29-26-23(28-18(13-27-26)15-3-7-17(31)8-4-15)20-12-21-25(35-20)24-19(34-21)9-10-33-24/h1-10,12-13,27-28,30-31H,11H2,(H,29,32). The van der Waals surface area contributed by atoms with Crippen LogP contribution >= 0.6 is 34.0 Å². The lowest BCUT2D eigenvalue weighted by Crippen LogP contribution is -2.36. The van der Waals surface area contributed by atoms with Crippen LogP contribution in [-0.4, -0.2) is 16.1 Å². The van der Waals surface area contributed by atoms with Gasteiger partial charge < -0.3 is 26.2 Å². The zero-order chi connectivity index (χ0) is 23.9. The topological polar surface area (TPSA) is 93.6 Å². The molecule has 2 aromatic carbocycles. The number of benzene rings is 2. The zero-order valence-corrected chi connectivity index (χ0v) is 20.6. The lowest BCUT2D eigenvalue weighted by atomic mass is 10.1. The van der Waals surface area contributed by atoms with Gasteiger partial charge in [-0.15, -0.1) is 34.0 Å². The molecule has 4 heterocycles. The number of nitrogens with one attached hydrogen (secondary N) is 3. The number of phenolic OH excluding ortho intramolecular Hbond substituents is 2. The Bertz CT molecular complexity index is 1620. The number of fused-ring (bicyclic) bond motifs is 3. The maximum absolute atomic E-state index is 12.9. The minimum Gasteiger partial charge on any atom is -0.508 e. The maximum atomic E-state index is 12.9. The molecule has 1 amide bonds. The molecule has 1 aliphatic rings. The molecule has 35 heavy (non-hydrogen) atoms. The molecule has 0 aliphatic carbocycles. The van der Waals surface area contributed by atoms with E-state index in [9.17, 15) is 15.0 Å². The number of amides is 1. The Morgan fingerprint density at radius 3 is 2.40 bits per heavy atom. The predicted octanol–water partition coefficient (Wildman–Crippen LogP) is 5.77. The number of carbonyl (C=O) groups is 1. The fraction of sp³-hybridized carbons (Fsp3) is 0.0385. The molecule has 5 N–H and O–H groups in total. The van der Waals surface area contributed by atoms with Crippen LogP contribution in [0.25, 0.3) is 30.2 Å². The summed E-state index contributed by atoms with van der Waals surface area (Å²) >= 11 is 5.21. The van der Waals surface area contributed by atoms with E-state index >= 15 is 0 Å². The molecule has 0 saturated carbocycles. The van der Waals surface area contributed by atoms with Crippen LogP contribution in [0.5, 0.6) is 11.5 Å². The van der Waals surface area contributed by atoms with Gasteiger partial charge in [0.2, 0.25) is 5.91 Å². The van der Waals surface area contributed by atoms with E-state index in [0.717, 1.165) is 27.4 Å². The smallest absolute Gasteiger partial charge is 0.229 e. The molecule has 6 rings (SSSR count). The van der Waals surface area contributed by atoms with Crippen molar-refractivity contribution in [3.05, 3.63) is 94.1 Å². The minimum absolute atomic E-state index is 0.168. The molecule has 0 radical (unpaired) electrons. The van der Waals surface area contributed by atoms with Gasteiger partial charge in [0.05, 0.1) is 32.1 Å². The highest BCUT2D eigenvalue weighted by Gasteiger charge is 2.22. The van der Waals surface area contributed by atoms with Gasteiger partial charge in [0.15, 0.2) is 0 Å². The number of phenols is 2. The first-order valence-corrected chi connectivity index (χ1v) is 13.3. The van der Waals surface area contributed by atoms with E-state index in [1.54, 1.807) is 76.6 Å². The summed E-state index contributed by atoms with van der Waals surface area (Å²) in [7, 11) is 0. The van der Waals surface area contributed by atoms with Gasteiger partial charge in [-0.1, -0.05) is 12.1 Å². The van der Waals surface area contributed by atoms with Crippen molar-refractivity contribution >= 4 is 70.1 Å². The van der Waals surface area contributed by atoms with Crippen LogP contribution in [0, 0.1) is 0 Å². The third-order valence-electron chi connectivity index (χ3n) is 5.61. The molecule has 6 nitrogen and oxygen atoms in total. The van der Waals surface area contributed by atoms with Gasteiger partial charge in [0.1, 0.15) is 17.3 Å². The van der Waals surface area contributed by atoms with Crippen LogP contribution < -0.4 is 16.0 Å². The van der Waals surface area contributed by atoms with Crippen molar-refractivity contribution in [2.45, 2.75) is 6.42 Å². The average molecular weight is 518 g/mol. The van der Waals surface area contributed by atoms with Crippen LogP contribution in [0.3, 0.4) is 0 Å². The highest BCUT2D eigenvalue weighted by atomic mass is 32.1. The summed E-state index contributed by atoms with van der Waals surface area (Å²) in [6.07, 6.45) is 1.99. The van der Waals surface area contributed by atoms with Crippen molar-refractivity contribution in [2.75, 3.05) is 0 Å². The van der Waals surface area contributed by atoms with Crippen LogP contribution in [-0.2, 0) is 11.2 Å². The van der Waals surface area contributed by atoms with Crippen molar-refractivity contribution in [3.8, 4) is 11.5 Å². The molecular formula is C26H19N3O3S3. The summed E-state index contributed by atoms with van der Waals surface area (Å²) in [4.78, 5) is 13.9. The normalized spacial score (nSPS) is 13.5. The number of aromatic hydroxyl groups is 2. The Morgan fingerprint density at radius 1 is 0.886 bits per heavy atom. The Kier molecular flexibility index (Phi) is 5.44. The lowest BCUT2D eigenvalue weighted by Gasteiger charge is -2.24. The van der Waals surface area contributed by atoms with Crippen molar-refractivity contribution in [1.29, 1.82) is 0 Å². The number of hydrogen-bond acceptors (Lipinski definition) is 8. The van der Waals surface area contributed by atoms with Gasteiger partial charge in [-0.2, -0.15) is 0 Å².